The molecule has 2 heteroatoms. The third-order valence-corrected chi connectivity index (χ3v) is 3.58. The summed E-state index contributed by atoms with van der Waals surface area (Å²) >= 11 is 3.43. The minimum absolute atomic E-state index is 0.262. The minimum Gasteiger partial charge on any atom is -0.303 e. The largest absolute Gasteiger partial charge is 0.303 e. The van der Waals surface area contributed by atoms with Gasteiger partial charge in [0.25, 0.3) is 0 Å². The van der Waals surface area contributed by atoms with Gasteiger partial charge >= 0.3 is 0 Å². The molecule has 0 amide bonds. The maximum absolute atomic E-state index is 10.8. The topological polar surface area (TPSA) is 17.1 Å². The fraction of sp³-hybridized carbons (Fsp3) is 0.188. The molecule has 1 nitrogen and oxygen atoms in total. The van der Waals surface area contributed by atoms with Crippen molar-refractivity contribution in [2.75, 3.05) is 0 Å². The lowest BCUT2D eigenvalue weighted by Gasteiger charge is -2.15. The number of halogens is 1. The van der Waals surface area contributed by atoms with E-state index < -0.39 is 0 Å². The summed E-state index contributed by atoms with van der Waals surface area (Å²) in [7, 11) is 0. The van der Waals surface area contributed by atoms with E-state index in [1.54, 1.807) is 0 Å². The first-order chi connectivity index (χ1) is 8.79. The van der Waals surface area contributed by atoms with Crippen molar-refractivity contribution in [1.29, 1.82) is 0 Å². The normalized spacial score (nSPS) is 12.1. The second-order valence-electron chi connectivity index (χ2n) is 4.34. The summed E-state index contributed by atoms with van der Waals surface area (Å²) in [5.41, 5.74) is 2.49. The van der Waals surface area contributed by atoms with Crippen molar-refractivity contribution in [1.82, 2.24) is 0 Å². The molecule has 0 aliphatic rings. The number of carbonyl (C=O) groups excluding carboxylic acids is 1. The number of hydrogen-bond donors (Lipinski definition) is 0. The zero-order valence-electron chi connectivity index (χ0n) is 10.1. The number of carbonyl (C=O) groups is 1. The zero-order chi connectivity index (χ0) is 12.8. The number of aldehydes is 1. The predicted molar refractivity (Wildman–Crippen MR) is 77.7 cm³/mol. The maximum atomic E-state index is 10.8. The van der Waals surface area contributed by atoms with E-state index in [9.17, 15) is 4.79 Å². The summed E-state index contributed by atoms with van der Waals surface area (Å²) in [6.07, 6.45) is 2.48. The van der Waals surface area contributed by atoms with Gasteiger partial charge in [0.2, 0.25) is 0 Å². The van der Waals surface area contributed by atoms with Crippen LogP contribution in [0, 0.1) is 0 Å². The van der Waals surface area contributed by atoms with Gasteiger partial charge in [0.1, 0.15) is 6.29 Å². The van der Waals surface area contributed by atoms with Crippen LogP contribution < -0.4 is 0 Å². The molecule has 0 radical (unpaired) electrons. The molecule has 0 unspecified atom stereocenters. The highest BCUT2D eigenvalue weighted by Gasteiger charge is 2.11. The van der Waals surface area contributed by atoms with E-state index in [1.807, 2.05) is 30.3 Å². The molecule has 1 atom stereocenters. The first-order valence-electron chi connectivity index (χ1n) is 6.02. The molecule has 0 fully saturated rings. The summed E-state index contributed by atoms with van der Waals surface area (Å²) in [6.45, 7) is 0. The lowest BCUT2D eigenvalue weighted by Crippen LogP contribution is -2.03. The van der Waals surface area contributed by atoms with E-state index >= 15 is 0 Å². The van der Waals surface area contributed by atoms with E-state index in [0.717, 1.165) is 17.2 Å². The van der Waals surface area contributed by atoms with E-state index in [-0.39, 0.29) is 5.92 Å². The van der Waals surface area contributed by atoms with E-state index in [2.05, 4.69) is 40.2 Å². The molecular formula is C16H15BrO. The Labute approximate surface area is 116 Å². The molecule has 0 aromatic heterocycles. The Kier molecular flexibility index (Phi) is 4.71. The Bertz CT molecular complexity index is 490. The SMILES string of the molecule is O=CC[C@H](Cc1ccccc1)c1ccc(Br)cc1. The van der Waals surface area contributed by atoms with E-state index in [4.69, 9.17) is 0 Å². The molecule has 92 valence electrons. The quantitative estimate of drug-likeness (QED) is 0.750. The lowest BCUT2D eigenvalue weighted by molar-refractivity contribution is -0.108. The summed E-state index contributed by atoms with van der Waals surface area (Å²) in [6, 6.07) is 18.5. The lowest BCUT2D eigenvalue weighted by atomic mass is 9.90. The Balaban J connectivity index is 2.18. The maximum Gasteiger partial charge on any atom is 0.120 e. The van der Waals surface area contributed by atoms with Crippen molar-refractivity contribution in [3.8, 4) is 0 Å². The van der Waals surface area contributed by atoms with Crippen LogP contribution in [0.2, 0.25) is 0 Å². The van der Waals surface area contributed by atoms with Crippen LogP contribution in [0.1, 0.15) is 23.5 Å². The van der Waals surface area contributed by atoms with Crippen molar-refractivity contribution in [3.63, 3.8) is 0 Å². The van der Waals surface area contributed by atoms with Gasteiger partial charge < -0.3 is 4.79 Å². The molecule has 0 aliphatic heterocycles. The molecule has 0 aliphatic carbocycles. The molecular weight excluding hydrogens is 288 g/mol. The molecule has 2 aromatic carbocycles. The van der Waals surface area contributed by atoms with Crippen LogP contribution in [0.5, 0.6) is 0 Å². The Morgan fingerprint density at radius 1 is 1.00 bits per heavy atom. The van der Waals surface area contributed by atoms with Gasteiger partial charge in [-0.3, -0.25) is 0 Å². The second-order valence-corrected chi connectivity index (χ2v) is 5.26. The summed E-state index contributed by atoms with van der Waals surface area (Å²) in [5.74, 6) is 0.262. The van der Waals surface area contributed by atoms with Crippen LogP contribution >= 0.6 is 15.9 Å². The van der Waals surface area contributed by atoms with Crippen LogP contribution in [-0.4, -0.2) is 6.29 Å². The molecule has 2 rings (SSSR count). The monoisotopic (exact) mass is 302 g/mol. The van der Waals surface area contributed by atoms with Crippen molar-refractivity contribution in [2.45, 2.75) is 18.8 Å². The van der Waals surface area contributed by atoms with Crippen LogP contribution in [0.3, 0.4) is 0 Å². The molecule has 0 N–H and O–H groups in total. The van der Waals surface area contributed by atoms with Gasteiger partial charge in [-0.05, 0) is 35.6 Å². The highest BCUT2D eigenvalue weighted by atomic mass is 79.9. The average molecular weight is 303 g/mol. The van der Waals surface area contributed by atoms with Crippen molar-refractivity contribution < 1.29 is 4.79 Å². The Morgan fingerprint density at radius 3 is 2.28 bits per heavy atom. The molecule has 0 saturated heterocycles. The Morgan fingerprint density at radius 2 is 1.67 bits per heavy atom. The molecule has 0 bridgehead atoms. The smallest absolute Gasteiger partial charge is 0.120 e. The predicted octanol–water partition coefficient (Wildman–Crippen LogP) is 4.36. The first kappa shape index (κ1) is 13.0. The summed E-state index contributed by atoms with van der Waals surface area (Å²) in [5, 5.41) is 0. The molecule has 18 heavy (non-hydrogen) atoms. The van der Waals surface area contributed by atoms with Crippen molar-refractivity contribution in [3.05, 3.63) is 70.2 Å². The van der Waals surface area contributed by atoms with E-state index in [1.165, 1.54) is 11.1 Å². The summed E-state index contributed by atoms with van der Waals surface area (Å²) < 4.78 is 1.07. The minimum atomic E-state index is 0.262. The van der Waals surface area contributed by atoms with Gasteiger partial charge in [-0.25, -0.2) is 0 Å². The van der Waals surface area contributed by atoms with Gasteiger partial charge in [0, 0.05) is 10.9 Å². The van der Waals surface area contributed by atoms with Crippen LogP contribution in [-0.2, 0) is 11.2 Å². The van der Waals surface area contributed by atoms with Crippen LogP contribution in [0.15, 0.2) is 59.1 Å². The van der Waals surface area contributed by atoms with Gasteiger partial charge in [0.15, 0.2) is 0 Å². The fourth-order valence-electron chi connectivity index (χ4n) is 2.09. The third kappa shape index (κ3) is 3.54. The van der Waals surface area contributed by atoms with Gasteiger partial charge in [-0.2, -0.15) is 0 Å². The number of hydrogen-bond acceptors (Lipinski definition) is 1. The van der Waals surface area contributed by atoms with Gasteiger partial charge in [0.05, 0.1) is 0 Å². The molecule has 0 saturated carbocycles. The number of benzene rings is 2. The number of rotatable bonds is 5. The zero-order valence-corrected chi connectivity index (χ0v) is 11.6. The molecule has 0 heterocycles. The van der Waals surface area contributed by atoms with Gasteiger partial charge in [-0.15, -0.1) is 0 Å². The van der Waals surface area contributed by atoms with Gasteiger partial charge in [-0.1, -0.05) is 58.4 Å². The Hall–Kier alpha value is -1.41. The van der Waals surface area contributed by atoms with Crippen molar-refractivity contribution in [2.24, 2.45) is 0 Å². The second kappa shape index (κ2) is 6.50. The third-order valence-electron chi connectivity index (χ3n) is 3.05. The van der Waals surface area contributed by atoms with E-state index in [0.29, 0.717) is 6.42 Å². The highest BCUT2D eigenvalue weighted by molar-refractivity contribution is 9.10. The standard InChI is InChI=1S/C16H15BrO/c17-16-8-6-14(7-9-16)15(10-11-18)12-13-4-2-1-3-5-13/h1-9,11,15H,10,12H2/t15-/m1/s1. The molecule has 0 spiro atoms. The first-order valence-corrected chi connectivity index (χ1v) is 6.82. The fourth-order valence-corrected chi connectivity index (χ4v) is 2.35. The van der Waals surface area contributed by atoms with Crippen LogP contribution in [0.25, 0.3) is 0 Å². The molecule has 2 aromatic rings. The average Bonchev–Trinajstić information content (AvgIpc) is 2.40. The summed E-state index contributed by atoms with van der Waals surface area (Å²) in [4.78, 5) is 10.8. The highest BCUT2D eigenvalue weighted by Crippen LogP contribution is 2.25. The van der Waals surface area contributed by atoms with Crippen molar-refractivity contribution >= 4 is 22.2 Å². The van der Waals surface area contributed by atoms with Crippen LogP contribution in [0.4, 0.5) is 0 Å².